The van der Waals surface area contributed by atoms with Crippen LogP contribution in [0, 0.1) is 0 Å². The van der Waals surface area contributed by atoms with Crippen LogP contribution in [-0.4, -0.2) is 17.5 Å². The van der Waals surface area contributed by atoms with E-state index >= 15 is 0 Å². The van der Waals surface area contributed by atoms with Crippen LogP contribution in [0.5, 0.6) is 5.75 Å². The Hall–Kier alpha value is -1.46. The van der Waals surface area contributed by atoms with E-state index in [-0.39, 0.29) is 5.75 Å². The number of nitrogens with zero attached hydrogens (tertiary/aromatic N) is 2. The van der Waals surface area contributed by atoms with E-state index in [4.69, 9.17) is 0 Å². The fourth-order valence-corrected chi connectivity index (χ4v) is 2.68. The monoisotopic (exact) mass is 380 g/mol. The highest BCUT2D eigenvalue weighted by atomic mass is 79.9. The van der Waals surface area contributed by atoms with Crippen LogP contribution in [0.15, 0.2) is 61.6 Å². The minimum Gasteiger partial charge on any atom is -0.506 e. The summed E-state index contributed by atoms with van der Waals surface area (Å²) in [5.41, 5.74) is 1.56. The Bertz CT molecular complexity index is 625. The molecule has 0 fully saturated rings. The zero-order valence-corrected chi connectivity index (χ0v) is 13.0. The van der Waals surface area contributed by atoms with Crippen LogP contribution in [0.1, 0.15) is 11.1 Å². The first-order valence-corrected chi connectivity index (χ1v) is 7.05. The van der Waals surface area contributed by atoms with E-state index in [9.17, 15) is 5.11 Å². The second kappa shape index (κ2) is 6.63. The first-order chi connectivity index (χ1) is 9.16. The molecule has 19 heavy (non-hydrogen) atoms. The van der Waals surface area contributed by atoms with Gasteiger partial charge in [-0.15, -0.1) is 0 Å². The number of rotatable bonds is 3. The predicted octanol–water partition coefficient (Wildman–Crippen LogP) is 4.37. The summed E-state index contributed by atoms with van der Waals surface area (Å²) in [5, 5.41) is 17.7. The standard InChI is InChI=1S/C14H10Br2N2O/c15-12-6-11(14(19)13(16)7-12)9-18-17-8-10-4-2-1-3-5-10/h1-9,19H/b17-8+,18-9+. The summed E-state index contributed by atoms with van der Waals surface area (Å²) >= 11 is 6.61. The van der Waals surface area contributed by atoms with Crippen LogP contribution in [0.3, 0.4) is 0 Å². The minimum absolute atomic E-state index is 0.141. The van der Waals surface area contributed by atoms with E-state index in [1.54, 1.807) is 18.3 Å². The van der Waals surface area contributed by atoms with Gasteiger partial charge >= 0.3 is 0 Å². The minimum atomic E-state index is 0.141. The number of halogens is 2. The van der Waals surface area contributed by atoms with Crippen LogP contribution < -0.4 is 0 Å². The van der Waals surface area contributed by atoms with Gasteiger partial charge in [0.15, 0.2) is 0 Å². The second-order valence-electron chi connectivity index (χ2n) is 3.73. The maximum absolute atomic E-state index is 9.83. The number of benzene rings is 2. The highest BCUT2D eigenvalue weighted by Gasteiger charge is 2.04. The van der Waals surface area contributed by atoms with Crippen LogP contribution in [0.2, 0.25) is 0 Å². The molecule has 3 nitrogen and oxygen atoms in total. The van der Waals surface area contributed by atoms with Gasteiger partial charge in [-0.3, -0.25) is 0 Å². The molecule has 0 saturated heterocycles. The molecule has 0 aliphatic carbocycles. The molecule has 2 rings (SSSR count). The molecule has 0 radical (unpaired) electrons. The van der Waals surface area contributed by atoms with Gasteiger partial charge < -0.3 is 5.11 Å². The molecule has 0 bridgehead atoms. The third kappa shape index (κ3) is 4.01. The molecular weight excluding hydrogens is 372 g/mol. The van der Waals surface area contributed by atoms with Crippen molar-refractivity contribution in [3.63, 3.8) is 0 Å². The highest BCUT2D eigenvalue weighted by Crippen LogP contribution is 2.30. The van der Waals surface area contributed by atoms with Gasteiger partial charge in [0.25, 0.3) is 0 Å². The lowest BCUT2D eigenvalue weighted by Gasteiger charge is -2.01. The molecule has 1 N–H and O–H groups in total. The van der Waals surface area contributed by atoms with Gasteiger partial charge in [0.1, 0.15) is 5.75 Å². The van der Waals surface area contributed by atoms with E-state index in [0.717, 1.165) is 10.0 Å². The lowest BCUT2D eigenvalue weighted by atomic mass is 10.2. The Kier molecular flexibility index (Phi) is 4.87. The van der Waals surface area contributed by atoms with Crippen molar-refractivity contribution in [3.8, 4) is 5.75 Å². The van der Waals surface area contributed by atoms with Crippen molar-refractivity contribution in [1.29, 1.82) is 0 Å². The molecule has 0 aromatic heterocycles. The molecule has 2 aromatic carbocycles. The molecule has 0 heterocycles. The van der Waals surface area contributed by atoms with E-state index < -0.39 is 0 Å². The number of phenols is 1. The van der Waals surface area contributed by atoms with E-state index in [2.05, 4.69) is 42.1 Å². The molecule has 96 valence electrons. The summed E-state index contributed by atoms with van der Waals surface area (Å²) in [4.78, 5) is 0. The van der Waals surface area contributed by atoms with Crippen molar-refractivity contribution < 1.29 is 5.11 Å². The average Bonchev–Trinajstić information content (AvgIpc) is 2.41. The van der Waals surface area contributed by atoms with Crippen molar-refractivity contribution in [2.45, 2.75) is 0 Å². The molecule has 5 heteroatoms. The van der Waals surface area contributed by atoms with Crippen molar-refractivity contribution in [2.75, 3.05) is 0 Å². The average molecular weight is 382 g/mol. The van der Waals surface area contributed by atoms with Crippen molar-refractivity contribution >= 4 is 44.3 Å². The van der Waals surface area contributed by atoms with Gasteiger partial charge in [0, 0.05) is 10.0 Å². The topological polar surface area (TPSA) is 45.0 Å². The SMILES string of the molecule is Oc1c(Br)cc(Br)cc1/C=N/N=C/c1ccccc1. The van der Waals surface area contributed by atoms with Gasteiger partial charge in [0.2, 0.25) is 0 Å². The predicted molar refractivity (Wildman–Crippen MR) is 85.1 cm³/mol. The number of hydrogen-bond acceptors (Lipinski definition) is 3. The highest BCUT2D eigenvalue weighted by molar-refractivity contribution is 9.11. The molecule has 0 unspecified atom stereocenters. The van der Waals surface area contributed by atoms with Gasteiger partial charge in [-0.2, -0.15) is 10.2 Å². The van der Waals surface area contributed by atoms with Gasteiger partial charge in [-0.05, 0) is 33.6 Å². The number of hydrogen-bond donors (Lipinski definition) is 1. The Morgan fingerprint density at radius 1 is 0.947 bits per heavy atom. The first-order valence-electron chi connectivity index (χ1n) is 5.46. The fourth-order valence-electron chi connectivity index (χ4n) is 1.42. The normalized spacial score (nSPS) is 11.5. The van der Waals surface area contributed by atoms with Gasteiger partial charge in [0.05, 0.1) is 16.9 Å². The maximum Gasteiger partial charge on any atom is 0.138 e. The van der Waals surface area contributed by atoms with Crippen LogP contribution in [0.4, 0.5) is 0 Å². The molecule has 0 amide bonds. The van der Waals surface area contributed by atoms with Crippen LogP contribution in [-0.2, 0) is 0 Å². The zero-order valence-electron chi connectivity index (χ0n) is 9.79. The van der Waals surface area contributed by atoms with Crippen LogP contribution in [0.25, 0.3) is 0 Å². The zero-order chi connectivity index (χ0) is 13.7. The third-order valence-corrected chi connectivity index (χ3v) is 3.39. The first kappa shape index (κ1) is 14.0. The lowest BCUT2D eigenvalue weighted by Crippen LogP contribution is -1.84. The summed E-state index contributed by atoms with van der Waals surface area (Å²) in [6, 6.07) is 13.2. The smallest absolute Gasteiger partial charge is 0.138 e. The molecule has 0 aliphatic rings. The molecule has 2 aromatic rings. The van der Waals surface area contributed by atoms with Crippen molar-refractivity contribution in [1.82, 2.24) is 0 Å². The summed E-state index contributed by atoms with van der Waals surface area (Å²) in [7, 11) is 0. The van der Waals surface area contributed by atoms with Gasteiger partial charge in [-0.1, -0.05) is 46.3 Å². The molecule has 0 saturated carbocycles. The van der Waals surface area contributed by atoms with Crippen molar-refractivity contribution in [2.24, 2.45) is 10.2 Å². The summed E-state index contributed by atoms with van der Waals surface area (Å²) in [6.45, 7) is 0. The summed E-state index contributed by atoms with van der Waals surface area (Å²) in [6.07, 6.45) is 3.16. The molecule has 0 aliphatic heterocycles. The number of aromatic hydroxyl groups is 1. The fraction of sp³-hybridized carbons (Fsp3) is 0. The Morgan fingerprint density at radius 3 is 2.37 bits per heavy atom. The van der Waals surface area contributed by atoms with Gasteiger partial charge in [-0.25, -0.2) is 0 Å². The summed E-state index contributed by atoms with van der Waals surface area (Å²) < 4.78 is 1.46. The Morgan fingerprint density at radius 2 is 1.63 bits per heavy atom. The third-order valence-electron chi connectivity index (χ3n) is 2.33. The van der Waals surface area contributed by atoms with Crippen LogP contribution >= 0.6 is 31.9 Å². The van der Waals surface area contributed by atoms with E-state index in [1.807, 2.05) is 30.3 Å². The second-order valence-corrected chi connectivity index (χ2v) is 5.50. The maximum atomic E-state index is 9.83. The van der Waals surface area contributed by atoms with E-state index in [1.165, 1.54) is 6.21 Å². The van der Waals surface area contributed by atoms with Crippen molar-refractivity contribution in [3.05, 3.63) is 62.5 Å². The molecule has 0 atom stereocenters. The summed E-state index contributed by atoms with van der Waals surface area (Å²) in [5.74, 6) is 0.141. The molecule has 0 spiro atoms. The number of phenolic OH excluding ortho intramolecular Hbond substituents is 1. The van der Waals surface area contributed by atoms with E-state index in [0.29, 0.717) is 10.0 Å². The Labute approximate surface area is 128 Å². The largest absolute Gasteiger partial charge is 0.506 e. The Balaban J connectivity index is 2.14. The quantitative estimate of drug-likeness (QED) is 0.622. The lowest BCUT2D eigenvalue weighted by molar-refractivity contribution is 0.471. The molecular formula is C14H10Br2N2O.